The van der Waals surface area contributed by atoms with Crippen LogP contribution in [0.3, 0.4) is 0 Å². The maximum Gasteiger partial charge on any atom is 0.251 e. The smallest absolute Gasteiger partial charge is 0.251 e. The Morgan fingerprint density at radius 1 is 1.11 bits per heavy atom. The second kappa shape index (κ2) is 10.8. The van der Waals surface area contributed by atoms with E-state index in [1.807, 2.05) is 45.2 Å². The molecule has 1 amide bonds. The number of ether oxygens (including phenoxy) is 1. The minimum Gasteiger partial charge on any atom is -0.456 e. The number of aromatic amines is 1. The monoisotopic (exact) mass is 470 g/mol. The van der Waals surface area contributed by atoms with Crippen molar-refractivity contribution < 1.29 is 13.9 Å². The van der Waals surface area contributed by atoms with Gasteiger partial charge in [-0.3, -0.25) is 9.79 Å². The number of rotatable bonds is 6. The van der Waals surface area contributed by atoms with E-state index in [0.29, 0.717) is 40.4 Å². The first kappa shape index (κ1) is 23.9. The number of pyridine rings is 1. The van der Waals surface area contributed by atoms with Gasteiger partial charge in [0.1, 0.15) is 23.0 Å². The predicted octanol–water partition coefficient (Wildman–Crippen LogP) is 6.23. The number of aliphatic imine (C=N–C) groups is 1. The molecule has 5 rings (SSSR count). The number of amides is 1. The molecule has 7 heteroatoms. The first-order valence-corrected chi connectivity index (χ1v) is 11.6. The molecule has 35 heavy (non-hydrogen) atoms. The van der Waals surface area contributed by atoms with Crippen LogP contribution in [0, 0.1) is 12.7 Å². The van der Waals surface area contributed by atoms with Crippen LogP contribution in [0.5, 0.6) is 11.5 Å². The minimum atomic E-state index is -0.332. The summed E-state index contributed by atoms with van der Waals surface area (Å²) < 4.78 is 19.6. The van der Waals surface area contributed by atoms with Gasteiger partial charge in [-0.15, -0.1) is 0 Å². The van der Waals surface area contributed by atoms with Gasteiger partial charge in [0, 0.05) is 41.4 Å². The number of benzene rings is 2. The van der Waals surface area contributed by atoms with E-state index in [2.05, 4.69) is 20.3 Å². The molecule has 0 radical (unpaired) electrons. The van der Waals surface area contributed by atoms with Gasteiger partial charge < -0.3 is 15.0 Å². The van der Waals surface area contributed by atoms with Crippen LogP contribution in [-0.4, -0.2) is 28.6 Å². The number of carbonyl (C=O) groups excluding carboxylic acids is 1. The Kier molecular flexibility index (Phi) is 7.35. The molecule has 3 heterocycles. The summed E-state index contributed by atoms with van der Waals surface area (Å²) in [6, 6.07) is 15.3. The second-order valence-corrected chi connectivity index (χ2v) is 7.75. The maximum absolute atomic E-state index is 13.4. The van der Waals surface area contributed by atoms with Gasteiger partial charge in [-0.25, -0.2) is 9.37 Å². The third-order valence-corrected chi connectivity index (χ3v) is 5.54. The zero-order valence-corrected chi connectivity index (χ0v) is 19.9. The van der Waals surface area contributed by atoms with E-state index in [1.165, 1.54) is 12.1 Å². The van der Waals surface area contributed by atoms with Gasteiger partial charge in [0.25, 0.3) is 5.91 Å². The Balaban J connectivity index is 0.00000141. The molecular formula is C28H27FN4O2. The molecule has 2 aromatic heterocycles. The molecule has 0 unspecified atom stereocenters. The molecule has 0 aliphatic carbocycles. The minimum absolute atomic E-state index is 0.234. The summed E-state index contributed by atoms with van der Waals surface area (Å²) in [5.74, 6) is 0.628. The highest BCUT2D eigenvalue weighted by molar-refractivity contribution is 6.12. The van der Waals surface area contributed by atoms with Crippen molar-refractivity contribution in [3.8, 4) is 11.5 Å². The number of hydrogen-bond acceptors (Lipinski definition) is 4. The highest BCUT2D eigenvalue weighted by Gasteiger charge is 2.16. The molecule has 178 valence electrons. The Bertz CT molecular complexity index is 1420. The molecule has 1 aliphatic heterocycles. The molecule has 2 aromatic carbocycles. The Hall–Kier alpha value is -4.26. The van der Waals surface area contributed by atoms with Gasteiger partial charge in [-0.2, -0.15) is 0 Å². The van der Waals surface area contributed by atoms with Gasteiger partial charge in [0.15, 0.2) is 0 Å². The molecule has 1 aliphatic rings. The van der Waals surface area contributed by atoms with Crippen LogP contribution in [0.2, 0.25) is 0 Å². The Labute approximate surface area is 203 Å². The molecule has 2 N–H and O–H groups in total. The van der Waals surface area contributed by atoms with E-state index >= 15 is 0 Å². The topological polar surface area (TPSA) is 79.4 Å². The molecule has 0 bridgehead atoms. The van der Waals surface area contributed by atoms with E-state index in [1.54, 1.807) is 36.5 Å². The number of halogens is 1. The number of nitrogens with zero attached hydrogens (tertiary/aromatic N) is 2. The van der Waals surface area contributed by atoms with Crippen molar-refractivity contribution in [2.24, 2.45) is 4.99 Å². The van der Waals surface area contributed by atoms with Crippen LogP contribution < -0.4 is 10.1 Å². The largest absolute Gasteiger partial charge is 0.456 e. The Morgan fingerprint density at radius 3 is 2.71 bits per heavy atom. The summed E-state index contributed by atoms with van der Waals surface area (Å²) in [6.45, 7) is 6.75. The zero-order chi connectivity index (χ0) is 24.8. The lowest BCUT2D eigenvalue weighted by molar-refractivity contribution is 0.0950. The van der Waals surface area contributed by atoms with Gasteiger partial charge in [0.05, 0.1) is 11.9 Å². The van der Waals surface area contributed by atoms with Crippen LogP contribution in [0.25, 0.3) is 16.6 Å². The number of H-pyrrole nitrogens is 1. The van der Waals surface area contributed by atoms with Crippen molar-refractivity contribution in [1.82, 2.24) is 15.3 Å². The van der Waals surface area contributed by atoms with Crippen molar-refractivity contribution >= 4 is 28.7 Å². The van der Waals surface area contributed by atoms with E-state index < -0.39 is 0 Å². The molecule has 0 fully saturated rings. The highest BCUT2D eigenvalue weighted by atomic mass is 19.1. The third kappa shape index (κ3) is 5.30. The van der Waals surface area contributed by atoms with Crippen LogP contribution in [-0.2, 0) is 6.54 Å². The van der Waals surface area contributed by atoms with Crippen LogP contribution >= 0.6 is 0 Å². The lowest BCUT2D eigenvalue weighted by atomic mass is 10.1. The van der Waals surface area contributed by atoms with Crippen molar-refractivity contribution in [3.05, 3.63) is 95.1 Å². The summed E-state index contributed by atoms with van der Waals surface area (Å²) in [6.07, 6.45) is 5.56. The molecule has 0 spiro atoms. The molecule has 0 atom stereocenters. The SMILES string of the molecule is CC.Cc1c(Oc2ccnc3[nH]c(C4=CCN=C4)cc23)cccc1C(=O)NCc1cccc(F)c1. The summed E-state index contributed by atoms with van der Waals surface area (Å²) in [7, 11) is 0. The lowest BCUT2D eigenvalue weighted by Gasteiger charge is -2.13. The number of fused-ring (bicyclic) bond motifs is 1. The average Bonchev–Trinajstić information content (AvgIpc) is 3.56. The Morgan fingerprint density at radius 2 is 1.94 bits per heavy atom. The number of hydrogen-bond donors (Lipinski definition) is 2. The number of allylic oxidation sites excluding steroid dienone is 1. The van der Waals surface area contributed by atoms with Crippen molar-refractivity contribution in [2.75, 3.05) is 6.54 Å². The van der Waals surface area contributed by atoms with Gasteiger partial charge in [0.2, 0.25) is 0 Å². The fourth-order valence-corrected chi connectivity index (χ4v) is 3.80. The number of nitrogens with one attached hydrogen (secondary N) is 2. The lowest BCUT2D eigenvalue weighted by Crippen LogP contribution is -2.23. The normalized spacial score (nSPS) is 12.2. The standard InChI is InChI=1S/C26H21FN4O2.C2H6/c1-16-20(26(32)30-14-17-4-2-5-19(27)12-17)6-3-7-23(16)33-24-9-11-29-25-21(24)13-22(31-25)18-8-10-28-15-18;1-2/h2-9,11-13,15H,10,14H2,1H3,(H,29,31)(H,30,32);1-2H3. The van der Waals surface area contributed by atoms with Crippen LogP contribution in [0.4, 0.5) is 4.39 Å². The van der Waals surface area contributed by atoms with Crippen molar-refractivity contribution in [2.45, 2.75) is 27.3 Å². The summed E-state index contributed by atoms with van der Waals surface area (Å²) in [5, 5.41) is 3.69. The van der Waals surface area contributed by atoms with Gasteiger partial charge in [-0.05, 0) is 48.9 Å². The van der Waals surface area contributed by atoms with Gasteiger partial charge in [-0.1, -0.05) is 38.1 Å². The first-order valence-electron chi connectivity index (χ1n) is 11.6. The third-order valence-electron chi connectivity index (χ3n) is 5.54. The summed E-state index contributed by atoms with van der Waals surface area (Å²) in [4.78, 5) is 24.7. The number of carbonyl (C=O) groups is 1. The fraction of sp³-hybridized carbons (Fsp3) is 0.179. The summed E-state index contributed by atoms with van der Waals surface area (Å²) in [5.41, 5.74) is 4.56. The molecule has 0 saturated heterocycles. The quantitative estimate of drug-likeness (QED) is 0.351. The summed E-state index contributed by atoms with van der Waals surface area (Å²) >= 11 is 0. The van der Waals surface area contributed by atoms with E-state index in [0.717, 1.165) is 16.7 Å². The first-order chi connectivity index (χ1) is 17.1. The van der Waals surface area contributed by atoms with E-state index in [-0.39, 0.29) is 18.3 Å². The molecule has 6 nitrogen and oxygen atoms in total. The number of aromatic nitrogens is 2. The van der Waals surface area contributed by atoms with E-state index in [4.69, 9.17) is 4.74 Å². The second-order valence-electron chi connectivity index (χ2n) is 7.75. The molecular weight excluding hydrogens is 443 g/mol. The molecule has 4 aromatic rings. The van der Waals surface area contributed by atoms with Crippen LogP contribution in [0.1, 0.15) is 41.0 Å². The van der Waals surface area contributed by atoms with E-state index in [9.17, 15) is 9.18 Å². The maximum atomic E-state index is 13.4. The van der Waals surface area contributed by atoms with Crippen molar-refractivity contribution in [1.29, 1.82) is 0 Å². The average molecular weight is 471 g/mol. The fourth-order valence-electron chi connectivity index (χ4n) is 3.80. The molecule has 0 saturated carbocycles. The van der Waals surface area contributed by atoms with Crippen LogP contribution in [0.15, 0.2) is 71.9 Å². The van der Waals surface area contributed by atoms with Gasteiger partial charge >= 0.3 is 0 Å². The highest BCUT2D eigenvalue weighted by Crippen LogP contribution is 2.33. The predicted molar refractivity (Wildman–Crippen MR) is 138 cm³/mol. The zero-order valence-electron chi connectivity index (χ0n) is 19.9. The van der Waals surface area contributed by atoms with Crippen molar-refractivity contribution in [3.63, 3.8) is 0 Å².